The van der Waals surface area contributed by atoms with Gasteiger partial charge in [0.05, 0.1) is 28.8 Å². The number of allylic oxidation sites excluding steroid dienone is 1. The number of aliphatic hydroxyl groups is 1. The van der Waals surface area contributed by atoms with Crippen molar-refractivity contribution in [3.63, 3.8) is 0 Å². The van der Waals surface area contributed by atoms with Gasteiger partial charge in [0.1, 0.15) is 5.82 Å². The van der Waals surface area contributed by atoms with Gasteiger partial charge in [-0.15, -0.1) is 5.59 Å². The number of para-hydroxylation sites is 1. The van der Waals surface area contributed by atoms with Crippen LogP contribution in [0.5, 0.6) is 0 Å². The zero-order valence-electron chi connectivity index (χ0n) is 17.8. The molecule has 5 rings (SSSR count). The van der Waals surface area contributed by atoms with E-state index in [1.54, 1.807) is 53.5 Å². The van der Waals surface area contributed by atoms with Crippen molar-refractivity contribution in [3.8, 4) is 5.69 Å². The summed E-state index contributed by atoms with van der Waals surface area (Å²) in [5.41, 5.74) is 4.81. The molecule has 0 spiro atoms. The van der Waals surface area contributed by atoms with E-state index < -0.39 is 6.29 Å². The summed E-state index contributed by atoms with van der Waals surface area (Å²) in [4.78, 5) is 35.7. The number of hydrazine groups is 1. The monoisotopic (exact) mass is 518 g/mol. The second-order valence-electron chi connectivity index (χ2n) is 7.62. The van der Waals surface area contributed by atoms with Gasteiger partial charge in [0.25, 0.3) is 5.56 Å². The molecule has 2 N–H and O–H groups in total. The number of aliphatic hydroxyl groups excluding tert-OH is 1. The molecule has 0 amide bonds. The molecule has 9 heteroatoms. The van der Waals surface area contributed by atoms with Gasteiger partial charge < -0.3 is 5.11 Å². The van der Waals surface area contributed by atoms with E-state index >= 15 is 0 Å². The smallest absolute Gasteiger partial charge is 0.266 e. The molecular weight excluding hydrogens is 500 g/mol. The number of benzene rings is 3. The number of ketones is 1. The van der Waals surface area contributed by atoms with Crippen LogP contribution in [0.3, 0.4) is 0 Å². The van der Waals surface area contributed by atoms with Gasteiger partial charge in [-0.1, -0.05) is 28.1 Å². The largest absolute Gasteiger partial charge is 0.365 e. The first-order valence-electron chi connectivity index (χ1n) is 10.5. The molecule has 1 saturated heterocycles. The van der Waals surface area contributed by atoms with Crippen LogP contribution in [0.25, 0.3) is 22.7 Å². The van der Waals surface area contributed by atoms with Gasteiger partial charge in [-0.05, 0) is 72.8 Å². The van der Waals surface area contributed by atoms with Gasteiger partial charge in [-0.3, -0.25) is 19.2 Å². The molecule has 1 aromatic heterocycles. The SMILES string of the molecule is O=C(/C=C/c1nc2ccccc2c(=O)n1-c1ccc(Br)cc1)c1ccc(N2CC(O)ON2)cc1. The number of rotatable bonds is 5. The molecule has 8 nitrogen and oxygen atoms in total. The molecule has 1 aliphatic heterocycles. The first kappa shape index (κ1) is 22.2. The minimum absolute atomic E-state index is 0.216. The average Bonchev–Trinajstić information content (AvgIpc) is 3.30. The number of fused-ring (bicyclic) bond motifs is 1. The molecular formula is C25H19BrN4O4. The van der Waals surface area contributed by atoms with Crippen LogP contribution in [0.15, 0.2) is 88.1 Å². The van der Waals surface area contributed by atoms with Crippen LogP contribution >= 0.6 is 15.9 Å². The maximum absolute atomic E-state index is 13.3. The van der Waals surface area contributed by atoms with Gasteiger partial charge in [0, 0.05) is 10.0 Å². The molecule has 0 bridgehead atoms. The lowest BCUT2D eigenvalue weighted by Gasteiger charge is -2.15. The molecule has 170 valence electrons. The number of halogens is 1. The lowest BCUT2D eigenvalue weighted by atomic mass is 10.1. The van der Waals surface area contributed by atoms with Gasteiger partial charge in [-0.2, -0.15) is 0 Å². The summed E-state index contributed by atoms with van der Waals surface area (Å²) >= 11 is 3.41. The normalized spacial score (nSPS) is 15.9. The Bertz CT molecular complexity index is 1450. The number of nitrogens with one attached hydrogen (secondary N) is 1. The van der Waals surface area contributed by atoms with Crippen molar-refractivity contribution in [1.82, 2.24) is 15.1 Å². The number of anilines is 1. The Balaban J connectivity index is 1.48. The highest BCUT2D eigenvalue weighted by atomic mass is 79.9. The van der Waals surface area contributed by atoms with E-state index in [1.807, 2.05) is 30.3 Å². The standard InChI is InChI=1S/C25H19BrN4O4/c26-17-7-11-19(12-8-17)30-23(27-21-4-2-1-3-20(21)25(30)33)14-13-22(31)16-5-9-18(10-6-16)29-15-24(32)34-28-29/h1-14,24,28,32H,15H2/b14-13+. The van der Waals surface area contributed by atoms with Crippen LogP contribution in [-0.4, -0.2) is 33.3 Å². The molecule has 2 heterocycles. The molecule has 34 heavy (non-hydrogen) atoms. The van der Waals surface area contributed by atoms with Crippen LogP contribution in [0.4, 0.5) is 5.69 Å². The molecule has 1 fully saturated rings. The fourth-order valence-electron chi connectivity index (χ4n) is 3.67. The van der Waals surface area contributed by atoms with Crippen LogP contribution in [0.2, 0.25) is 0 Å². The van der Waals surface area contributed by atoms with Crippen molar-refractivity contribution in [2.45, 2.75) is 6.29 Å². The zero-order chi connectivity index (χ0) is 23.7. The molecule has 4 aromatic rings. The third kappa shape index (κ3) is 4.42. The summed E-state index contributed by atoms with van der Waals surface area (Å²) in [5, 5.41) is 11.6. The van der Waals surface area contributed by atoms with E-state index in [0.29, 0.717) is 28.0 Å². The maximum atomic E-state index is 13.3. The highest BCUT2D eigenvalue weighted by Gasteiger charge is 2.21. The van der Waals surface area contributed by atoms with E-state index in [1.165, 1.54) is 10.6 Å². The first-order valence-corrected chi connectivity index (χ1v) is 11.3. The minimum atomic E-state index is -0.915. The predicted molar refractivity (Wildman–Crippen MR) is 132 cm³/mol. The van der Waals surface area contributed by atoms with Crippen LogP contribution in [0, 0.1) is 0 Å². The summed E-state index contributed by atoms with van der Waals surface area (Å²) in [7, 11) is 0. The molecule has 0 radical (unpaired) electrons. The second kappa shape index (κ2) is 9.32. The molecule has 1 unspecified atom stereocenters. The topological polar surface area (TPSA) is 96.7 Å². The highest BCUT2D eigenvalue weighted by Crippen LogP contribution is 2.19. The van der Waals surface area contributed by atoms with Gasteiger partial charge in [0.2, 0.25) is 0 Å². The van der Waals surface area contributed by atoms with Gasteiger partial charge in [-0.25, -0.2) is 9.82 Å². The van der Waals surface area contributed by atoms with Crippen molar-refractivity contribution in [1.29, 1.82) is 0 Å². The van der Waals surface area contributed by atoms with Crippen LogP contribution < -0.4 is 16.2 Å². The Morgan fingerprint density at radius 3 is 2.47 bits per heavy atom. The van der Waals surface area contributed by atoms with E-state index in [9.17, 15) is 14.7 Å². The second-order valence-corrected chi connectivity index (χ2v) is 8.54. The van der Waals surface area contributed by atoms with E-state index in [-0.39, 0.29) is 17.9 Å². The number of aromatic nitrogens is 2. The Kier molecular flexibility index (Phi) is 6.08. The Morgan fingerprint density at radius 2 is 1.76 bits per heavy atom. The van der Waals surface area contributed by atoms with Crippen molar-refractivity contribution in [2.75, 3.05) is 11.6 Å². The zero-order valence-corrected chi connectivity index (χ0v) is 19.3. The lowest BCUT2D eigenvalue weighted by molar-refractivity contribution is -0.0950. The minimum Gasteiger partial charge on any atom is -0.365 e. The lowest BCUT2D eigenvalue weighted by Crippen LogP contribution is -2.29. The fourth-order valence-corrected chi connectivity index (χ4v) is 3.93. The van der Waals surface area contributed by atoms with Crippen LogP contribution in [-0.2, 0) is 4.84 Å². The van der Waals surface area contributed by atoms with Crippen LogP contribution in [0.1, 0.15) is 16.2 Å². The van der Waals surface area contributed by atoms with Crippen molar-refractivity contribution >= 4 is 44.4 Å². The summed E-state index contributed by atoms with van der Waals surface area (Å²) in [5.74, 6) is 0.116. The number of nitrogens with zero attached hydrogens (tertiary/aromatic N) is 3. The molecule has 3 aromatic carbocycles. The number of carbonyl (C=O) groups excluding carboxylic acids is 1. The number of hydrogen-bond donors (Lipinski definition) is 2. The van der Waals surface area contributed by atoms with E-state index in [0.717, 1.165) is 10.2 Å². The van der Waals surface area contributed by atoms with E-state index in [2.05, 4.69) is 26.5 Å². The Morgan fingerprint density at radius 1 is 1.06 bits per heavy atom. The predicted octanol–water partition coefficient (Wildman–Crippen LogP) is 3.62. The van der Waals surface area contributed by atoms with E-state index in [4.69, 9.17) is 4.84 Å². The number of β-amino-alcohol motifs (C(OH)–C–C–N with tert-alkyl or cyclic N) is 1. The summed E-state index contributed by atoms with van der Waals surface area (Å²) < 4.78 is 2.38. The maximum Gasteiger partial charge on any atom is 0.266 e. The van der Waals surface area contributed by atoms with Crippen molar-refractivity contribution in [2.24, 2.45) is 0 Å². The Labute approximate surface area is 202 Å². The molecule has 1 atom stereocenters. The highest BCUT2D eigenvalue weighted by molar-refractivity contribution is 9.10. The molecule has 0 saturated carbocycles. The van der Waals surface area contributed by atoms with Crippen molar-refractivity contribution < 1.29 is 14.7 Å². The summed E-state index contributed by atoms with van der Waals surface area (Å²) in [6.07, 6.45) is 2.04. The first-order chi connectivity index (χ1) is 16.5. The Hall–Kier alpha value is -3.63. The number of carbonyl (C=O) groups is 1. The quantitative estimate of drug-likeness (QED) is 0.307. The third-order valence-corrected chi connectivity index (χ3v) is 5.90. The fraction of sp³-hybridized carbons (Fsp3) is 0.0800. The van der Waals surface area contributed by atoms with Crippen molar-refractivity contribution in [3.05, 3.63) is 105 Å². The van der Waals surface area contributed by atoms with Gasteiger partial charge >= 0.3 is 0 Å². The average molecular weight is 519 g/mol. The summed E-state index contributed by atoms with van der Waals surface area (Å²) in [6, 6.07) is 21.3. The summed E-state index contributed by atoms with van der Waals surface area (Å²) in [6.45, 7) is 0.272. The van der Waals surface area contributed by atoms with Gasteiger partial charge in [0.15, 0.2) is 12.1 Å². The number of hydrogen-bond acceptors (Lipinski definition) is 7. The molecule has 0 aliphatic carbocycles. The molecule has 1 aliphatic rings. The third-order valence-electron chi connectivity index (χ3n) is 5.37.